The molecule has 7 heterocycles. The van der Waals surface area contributed by atoms with E-state index in [9.17, 15) is 19.2 Å². The van der Waals surface area contributed by atoms with Crippen LogP contribution >= 0.6 is 22.9 Å². The van der Waals surface area contributed by atoms with Gasteiger partial charge in [0.15, 0.2) is 5.82 Å². The van der Waals surface area contributed by atoms with Crippen LogP contribution in [0.2, 0.25) is 5.02 Å². The standard InChI is InChI=1S/C41H36ClN9O5S/c1-23-32(57-41-35(23)37(26-7-9-27(42)10-8-26)43-21-33-47-46-24(2)50(33)41)12-6-25-20-44-49(22-25)19-18-48-16-14-28(15-17-48)56-31-5-3-4-29-36(31)40(55)51(39(29)54)30-11-13-34(52)45-38(30)53/h3-5,7-10,20,22,28,30H,11,13-19,21H2,1-2H3,(H,45,52,53). The summed E-state index contributed by atoms with van der Waals surface area (Å²) in [6.07, 6.45) is 5.25. The van der Waals surface area contributed by atoms with E-state index in [4.69, 9.17) is 21.3 Å². The highest BCUT2D eigenvalue weighted by Gasteiger charge is 2.46. The number of likely N-dealkylation sites (tertiary alicyclic amines) is 1. The maximum Gasteiger partial charge on any atom is 0.266 e. The Bertz CT molecular complexity index is 2570. The lowest BCUT2D eigenvalue weighted by atomic mass is 10.00. The number of hydrogen-bond donors (Lipinski definition) is 1. The summed E-state index contributed by atoms with van der Waals surface area (Å²) in [6, 6.07) is 11.6. The maximum atomic E-state index is 13.5. The van der Waals surface area contributed by atoms with Gasteiger partial charge in [0, 0.05) is 48.4 Å². The number of carbonyl (C=O) groups is 4. The summed E-state index contributed by atoms with van der Waals surface area (Å²) in [6.45, 7) is 7.51. The van der Waals surface area contributed by atoms with Gasteiger partial charge in [0.25, 0.3) is 11.8 Å². The quantitative estimate of drug-likeness (QED) is 0.185. The predicted octanol–water partition coefficient (Wildman–Crippen LogP) is 4.49. The van der Waals surface area contributed by atoms with Crippen LogP contribution in [0.25, 0.3) is 5.00 Å². The van der Waals surface area contributed by atoms with Crippen molar-refractivity contribution in [3.05, 3.63) is 110 Å². The van der Waals surface area contributed by atoms with Crippen molar-refractivity contribution in [1.82, 2.24) is 39.7 Å². The van der Waals surface area contributed by atoms with E-state index in [2.05, 4.69) is 48.8 Å². The number of aliphatic imine (C=N–C) groups is 1. The third kappa shape index (κ3) is 6.83. The molecule has 0 radical (unpaired) electrons. The first-order chi connectivity index (χ1) is 27.6. The van der Waals surface area contributed by atoms with Gasteiger partial charge < -0.3 is 9.64 Å². The van der Waals surface area contributed by atoms with E-state index in [0.717, 1.165) is 86.9 Å². The molecule has 0 saturated carbocycles. The van der Waals surface area contributed by atoms with Crippen molar-refractivity contribution in [3.63, 3.8) is 0 Å². The van der Waals surface area contributed by atoms with E-state index in [0.29, 0.717) is 23.9 Å². The third-order valence-corrected chi connectivity index (χ3v) is 12.3. The highest BCUT2D eigenvalue weighted by Crippen LogP contribution is 2.37. The topological polar surface area (TPSA) is 157 Å². The van der Waals surface area contributed by atoms with Crippen LogP contribution in [-0.4, -0.2) is 95.5 Å². The number of benzene rings is 2. The lowest BCUT2D eigenvalue weighted by Gasteiger charge is -2.32. The minimum atomic E-state index is -1.02. The van der Waals surface area contributed by atoms with E-state index >= 15 is 0 Å². The predicted molar refractivity (Wildman–Crippen MR) is 211 cm³/mol. The Kier molecular flexibility index (Phi) is 9.55. The summed E-state index contributed by atoms with van der Waals surface area (Å²) in [5.41, 5.74) is 5.12. The van der Waals surface area contributed by atoms with Gasteiger partial charge in [-0.2, -0.15) is 5.10 Å². The molecule has 5 aromatic rings. The molecule has 4 aliphatic heterocycles. The number of aryl methyl sites for hydroxylation is 1. The number of fused-ring (bicyclic) bond motifs is 4. The Hall–Kier alpha value is -5.95. The van der Waals surface area contributed by atoms with Gasteiger partial charge >= 0.3 is 0 Å². The molecular formula is C41H36ClN9O5S. The minimum absolute atomic E-state index is 0.0645. The summed E-state index contributed by atoms with van der Waals surface area (Å²) in [5, 5.41) is 17.2. The fourth-order valence-corrected chi connectivity index (χ4v) is 9.19. The lowest BCUT2D eigenvalue weighted by molar-refractivity contribution is -0.136. The molecule has 1 atom stereocenters. The van der Waals surface area contributed by atoms with Crippen molar-refractivity contribution in [2.45, 2.75) is 64.8 Å². The smallest absolute Gasteiger partial charge is 0.266 e. The van der Waals surface area contributed by atoms with Gasteiger partial charge in [0.2, 0.25) is 11.8 Å². The van der Waals surface area contributed by atoms with Crippen LogP contribution in [-0.2, 0) is 22.7 Å². The number of aromatic nitrogens is 5. The van der Waals surface area contributed by atoms with E-state index in [1.807, 2.05) is 42.1 Å². The molecule has 0 spiro atoms. The van der Waals surface area contributed by atoms with Gasteiger partial charge in [0.1, 0.15) is 35.3 Å². The third-order valence-electron chi connectivity index (χ3n) is 10.8. The molecule has 3 aromatic heterocycles. The van der Waals surface area contributed by atoms with Gasteiger partial charge in [-0.15, -0.1) is 21.5 Å². The molecule has 2 saturated heterocycles. The van der Waals surface area contributed by atoms with E-state index < -0.39 is 29.7 Å². The zero-order chi connectivity index (χ0) is 39.4. The molecule has 9 rings (SSSR count). The van der Waals surface area contributed by atoms with Crippen LogP contribution in [0.1, 0.15) is 85.2 Å². The van der Waals surface area contributed by atoms with Crippen molar-refractivity contribution in [3.8, 4) is 22.6 Å². The molecule has 0 bridgehead atoms. The highest BCUT2D eigenvalue weighted by molar-refractivity contribution is 7.15. The van der Waals surface area contributed by atoms with Gasteiger partial charge in [-0.25, -0.2) is 0 Å². The normalized spacial score (nSPS) is 18.3. The number of imide groups is 2. The van der Waals surface area contributed by atoms with Crippen LogP contribution in [0.3, 0.4) is 0 Å². The Morgan fingerprint density at radius 2 is 1.75 bits per heavy atom. The van der Waals surface area contributed by atoms with Crippen molar-refractivity contribution >= 4 is 52.3 Å². The second-order valence-electron chi connectivity index (χ2n) is 14.4. The van der Waals surface area contributed by atoms with Crippen molar-refractivity contribution in [2.24, 2.45) is 4.99 Å². The van der Waals surface area contributed by atoms with Crippen LogP contribution < -0.4 is 10.1 Å². The van der Waals surface area contributed by atoms with E-state index in [1.165, 1.54) is 0 Å². The summed E-state index contributed by atoms with van der Waals surface area (Å²) in [7, 11) is 0. The number of rotatable bonds is 7. The molecule has 0 aliphatic carbocycles. The van der Waals surface area contributed by atoms with E-state index in [1.54, 1.807) is 35.7 Å². The minimum Gasteiger partial charge on any atom is -0.489 e. The molecule has 2 aromatic carbocycles. The second-order valence-corrected chi connectivity index (χ2v) is 15.9. The number of ether oxygens (including phenoxy) is 1. The number of amides is 4. The lowest BCUT2D eigenvalue weighted by Crippen LogP contribution is -2.54. The molecule has 57 heavy (non-hydrogen) atoms. The second kappa shape index (κ2) is 14.8. The molecule has 1 unspecified atom stereocenters. The Balaban J connectivity index is 0.829. The van der Waals surface area contributed by atoms with Crippen LogP contribution in [0, 0.1) is 25.7 Å². The van der Waals surface area contributed by atoms with Gasteiger partial charge in [-0.1, -0.05) is 41.6 Å². The first-order valence-corrected chi connectivity index (χ1v) is 20.0. The first-order valence-electron chi connectivity index (χ1n) is 18.8. The molecule has 4 aliphatic rings. The van der Waals surface area contributed by atoms with Crippen LogP contribution in [0.15, 0.2) is 59.9 Å². The average Bonchev–Trinajstić information content (AvgIpc) is 3.93. The number of piperidine rings is 2. The Labute approximate surface area is 336 Å². The SMILES string of the molecule is Cc1c(C#Cc2cnn(CCN3CCC(Oc4cccc5c4C(=O)N(C4CCC(=O)NC4=O)C5=O)CC3)c2)sc2c1C(c1ccc(Cl)cc1)=NCc1nnc(C)n1-2. The summed E-state index contributed by atoms with van der Waals surface area (Å²) in [5.74, 6) is 6.48. The zero-order valence-corrected chi connectivity index (χ0v) is 32.7. The number of thiophene rings is 1. The zero-order valence-electron chi connectivity index (χ0n) is 31.1. The first kappa shape index (κ1) is 36.7. The molecule has 4 amide bonds. The van der Waals surface area contributed by atoms with Crippen molar-refractivity contribution in [2.75, 3.05) is 19.6 Å². The molecular weight excluding hydrogens is 766 g/mol. The molecule has 288 valence electrons. The van der Waals surface area contributed by atoms with Crippen LogP contribution in [0.5, 0.6) is 5.75 Å². The van der Waals surface area contributed by atoms with Crippen molar-refractivity contribution < 1.29 is 23.9 Å². The molecule has 2 fully saturated rings. The number of nitrogens with one attached hydrogen (secondary N) is 1. The van der Waals surface area contributed by atoms with Crippen LogP contribution in [0.4, 0.5) is 0 Å². The number of nitrogens with zero attached hydrogens (tertiary/aromatic N) is 8. The van der Waals surface area contributed by atoms with Gasteiger partial charge in [-0.3, -0.25) is 43.6 Å². The maximum absolute atomic E-state index is 13.5. The number of hydrogen-bond acceptors (Lipinski definition) is 11. The monoisotopic (exact) mass is 801 g/mol. The average molecular weight is 802 g/mol. The molecule has 14 nitrogen and oxygen atoms in total. The summed E-state index contributed by atoms with van der Waals surface area (Å²) < 4.78 is 10.3. The van der Waals surface area contributed by atoms with Crippen molar-refractivity contribution in [1.29, 1.82) is 0 Å². The highest BCUT2D eigenvalue weighted by atomic mass is 35.5. The van der Waals surface area contributed by atoms with Gasteiger partial charge in [0.05, 0.1) is 40.0 Å². The Morgan fingerprint density at radius 3 is 2.54 bits per heavy atom. The Morgan fingerprint density at radius 1 is 0.947 bits per heavy atom. The largest absolute Gasteiger partial charge is 0.489 e. The fraction of sp³-hybridized carbons (Fsp3) is 0.317. The van der Waals surface area contributed by atoms with Gasteiger partial charge in [-0.05, 0) is 62.9 Å². The summed E-state index contributed by atoms with van der Waals surface area (Å²) in [4.78, 5) is 60.1. The molecule has 16 heteroatoms. The van der Waals surface area contributed by atoms with E-state index in [-0.39, 0.29) is 30.1 Å². The fourth-order valence-electron chi connectivity index (χ4n) is 7.83. The number of carbonyl (C=O) groups excluding carboxylic acids is 4. The summed E-state index contributed by atoms with van der Waals surface area (Å²) >= 11 is 7.82. The molecule has 1 N–H and O–H groups in total. The number of halogens is 1.